The predicted molar refractivity (Wildman–Crippen MR) is 133 cm³/mol. The summed E-state index contributed by atoms with van der Waals surface area (Å²) in [6.45, 7) is 0.163. The maximum Gasteiger partial charge on any atom is 0.260 e. The molecule has 1 heterocycles. The number of rotatable bonds is 4. The number of nitrogens with one attached hydrogen (secondary N) is 1. The minimum atomic E-state index is -0.207. The average molecular weight is 627 g/mol. The van der Waals surface area contributed by atoms with Gasteiger partial charge in [0.1, 0.15) is 12.3 Å². The van der Waals surface area contributed by atoms with Crippen LogP contribution in [0.4, 0.5) is 11.4 Å². The van der Waals surface area contributed by atoms with Crippen molar-refractivity contribution in [2.75, 3.05) is 11.4 Å². The van der Waals surface area contributed by atoms with Crippen LogP contribution in [-0.2, 0) is 4.79 Å². The summed E-state index contributed by atoms with van der Waals surface area (Å²) in [5.41, 5.74) is 5.44. The summed E-state index contributed by atoms with van der Waals surface area (Å²) in [5.74, 6) is 0.0496. The molecule has 3 aromatic rings. The van der Waals surface area contributed by atoms with Crippen molar-refractivity contribution < 1.29 is 9.90 Å². The molecule has 0 saturated heterocycles. The Morgan fingerprint density at radius 1 is 1.03 bits per heavy atom. The Bertz CT molecular complexity index is 1050. The standard InChI is InChI=1S/C21H15I2N3O2S/c22-14-9-13(10-15(23)21(14)28)11-24-25-20(27)12-26-16-5-1-3-7-18(16)29-19-8-4-2-6-17(19)26/h1-11,28H,12H2,(H,25,27)/b24-11+. The minimum Gasteiger partial charge on any atom is -0.506 e. The Morgan fingerprint density at radius 3 is 2.17 bits per heavy atom. The van der Waals surface area contributed by atoms with Crippen LogP contribution in [0.2, 0.25) is 0 Å². The van der Waals surface area contributed by atoms with Gasteiger partial charge in [-0.3, -0.25) is 4.79 Å². The van der Waals surface area contributed by atoms with Crippen molar-refractivity contribution in [2.24, 2.45) is 5.10 Å². The summed E-state index contributed by atoms with van der Waals surface area (Å²) < 4.78 is 1.47. The van der Waals surface area contributed by atoms with Gasteiger partial charge in [-0.1, -0.05) is 36.0 Å². The predicted octanol–water partition coefficient (Wildman–Crippen LogP) is 5.35. The maximum absolute atomic E-state index is 12.6. The number of aromatic hydroxyl groups is 1. The van der Waals surface area contributed by atoms with Crippen LogP contribution in [-0.4, -0.2) is 23.8 Å². The summed E-state index contributed by atoms with van der Waals surface area (Å²) >= 11 is 5.84. The topological polar surface area (TPSA) is 64.9 Å². The highest BCUT2D eigenvalue weighted by Crippen LogP contribution is 2.47. The van der Waals surface area contributed by atoms with Gasteiger partial charge in [-0.15, -0.1) is 0 Å². The van der Waals surface area contributed by atoms with Crippen molar-refractivity contribution in [1.29, 1.82) is 0 Å². The number of carbonyl (C=O) groups excluding carboxylic acids is 1. The number of benzene rings is 3. The number of phenols is 1. The molecule has 1 aliphatic heterocycles. The molecule has 0 radical (unpaired) electrons. The second-order valence-corrected chi connectivity index (χ2v) is 9.66. The molecule has 3 aromatic carbocycles. The molecule has 0 unspecified atom stereocenters. The number of fused-ring (bicyclic) bond motifs is 2. The van der Waals surface area contributed by atoms with Gasteiger partial charge < -0.3 is 10.0 Å². The highest BCUT2D eigenvalue weighted by atomic mass is 127. The number of carbonyl (C=O) groups is 1. The number of amides is 1. The number of anilines is 2. The minimum absolute atomic E-state index is 0.163. The van der Waals surface area contributed by atoms with Gasteiger partial charge in [-0.05, 0) is 87.1 Å². The SMILES string of the molecule is O=C(CN1c2ccccc2Sc2ccccc21)N/N=C/c1cc(I)c(O)c(I)c1. The van der Waals surface area contributed by atoms with E-state index in [0.29, 0.717) is 0 Å². The third kappa shape index (κ3) is 4.53. The zero-order chi connectivity index (χ0) is 20.4. The second kappa shape index (κ2) is 8.92. The first-order valence-electron chi connectivity index (χ1n) is 8.66. The van der Waals surface area contributed by atoms with Gasteiger partial charge in [0, 0.05) is 9.79 Å². The Morgan fingerprint density at radius 2 is 1.59 bits per heavy atom. The summed E-state index contributed by atoms with van der Waals surface area (Å²) in [6.07, 6.45) is 1.58. The largest absolute Gasteiger partial charge is 0.506 e. The number of hydrogen-bond donors (Lipinski definition) is 2. The van der Waals surface area contributed by atoms with E-state index in [9.17, 15) is 9.90 Å². The van der Waals surface area contributed by atoms with Crippen LogP contribution in [0.3, 0.4) is 0 Å². The van der Waals surface area contributed by atoms with Crippen LogP contribution in [0.5, 0.6) is 5.75 Å². The summed E-state index contributed by atoms with van der Waals surface area (Å²) in [7, 11) is 0. The van der Waals surface area contributed by atoms with Gasteiger partial charge in [0.2, 0.25) is 0 Å². The van der Waals surface area contributed by atoms with Gasteiger partial charge in [0.25, 0.3) is 5.91 Å². The molecule has 4 rings (SSSR count). The zero-order valence-corrected chi connectivity index (χ0v) is 20.1. The molecule has 0 saturated carbocycles. The fraction of sp³-hybridized carbons (Fsp3) is 0.0476. The molecule has 1 amide bonds. The average Bonchev–Trinajstić information content (AvgIpc) is 2.72. The number of hydrogen-bond acceptors (Lipinski definition) is 5. The molecule has 0 aromatic heterocycles. The number of nitrogens with zero attached hydrogens (tertiary/aromatic N) is 2. The van der Waals surface area contributed by atoms with Crippen LogP contribution in [0.15, 0.2) is 75.6 Å². The molecule has 0 atom stereocenters. The number of hydrazone groups is 1. The van der Waals surface area contributed by atoms with E-state index in [1.54, 1.807) is 18.0 Å². The summed E-state index contributed by atoms with van der Waals surface area (Å²) in [4.78, 5) is 16.8. The lowest BCUT2D eigenvalue weighted by molar-refractivity contribution is -0.119. The first kappa shape index (κ1) is 20.5. The Balaban J connectivity index is 1.50. The first-order valence-corrected chi connectivity index (χ1v) is 11.6. The maximum atomic E-state index is 12.6. The quantitative estimate of drug-likeness (QED) is 0.233. The van der Waals surface area contributed by atoms with Crippen molar-refractivity contribution in [1.82, 2.24) is 5.43 Å². The van der Waals surface area contributed by atoms with Crippen molar-refractivity contribution in [3.8, 4) is 5.75 Å². The normalized spacial score (nSPS) is 12.6. The third-order valence-corrected chi connectivity index (χ3v) is 7.05. The monoisotopic (exact) mass is 627 g/mol. The molecule has 1 aliphatic rings. The van der Waals surface area contributed by atoms with Crippen molar-refractivity contribution in [3.63, 3.8) is 0 Å². The Kier molecular flexibility index (Phi) is 6.30. The van der Waals surface area contributed by atoms with E-state index in [4.69, 9.17) is 0 Å². The molecule has 5 nitrogen and oxygen atoms in total. The zero-order valence-electron chi connectivity index (χ0n) is 15.0. The summed E-state index contributed by atoms with van der Waals surface area (Å²) in [5, 5.41) is 13.9. The molecular formula is C21H15I2N3O2S. The molecule has 0 bridgehead atoms. The van der Waals surface area contributed by atoms with Crippen LogP contribution in [0, 0.1) is 7.14 Å². The second-order valence-electron chi connectivity index (χ2n) is 6.25. The van der Waals surface area contributed by atoms with Gasteiger partial charge in [0.05, 0.1) is 24.7 Å². The fourth-order valence-corrected chi connectivity index (χ4v) is 5.88. The van der Waals surface area contributed by atoms with Crippen LogP contribution in [0.25, 0.3) is 0 Å². The van der Waals surface area contributed by atoms with Crippen molar-refractivity contribution in [2.45, 2.75) is 9.79 Å². The highest BCUT2D eigenvalue weighted by Gasteiger charge is 2.24. The lowest BCUT2D eigenvalue weighted by atomic mass is 10.2. The van der Waals surface area contributed by atoms with Crippen LogP contribution in [0.1, 0.15) is 5.56 Å². The molecule has 146 valence electrons. The van der Waals surface area contributed by atoms with E-state index >= 15 is 0 Å². The number of para-hydroxylation sites is 2. The van der Waals surface area contributed by atoms with Gasteiger partial charge in [-0.2, -0.15) is 5.10 Å². The van der Waals surface area contributed by atoms with E-state index < -0.39 is 0 Å². The Hall–Kier alpha value is -1.79. The van der Waals surface area contributed by atoms with Gasteiger partial charge >= 0.3 is 0 Å². The molecule has 0 fully saturated rings. The van der Waals surface area contributed by atoms with E-state index in [1.165, 1.54) is 0 Å². The number of phenolic OH excluding ortho intramolecular Hbond substituents is 1. The smallest absolute Gasteiger partial charge is 0.260 e. The lowest BCUT2D eigenvalue weighted by Gasteiger charge is -2.31. The number of halogens is 2. The third-order valence-electron chi connectivity index (χ3n) is 4.28. The molecule has 0 spiro atoms. The van der Waals surface area contributed by atoms with Crippen LogP contribution < -0.4 is 10.3 Å². The lowest BCUT2D eigenvalue weighted by Crippen LogP contribution is -2.33. The fourth-order valence-electron chi connectivity index (χ4n) is 2.97. The van der Waals surface area contributed by atoms with E-state index in [0.717, 1.165) is 33.9 Å². The van der Waals surface area contributed by atoms with Crippen molar-refractivity contribution in [3.05, 3.63) is 73.4 Å². The highest BCUT2D eigenvalue weighted by molar-refractivity contribution is 14.1. The van der Waals surface area contributed by atoms with E-state index in [2.05, 4.69) is 67.8 Å². The molecule has 0 aliphatic carbocycles. The van der Waals surface area contributed by atoms with Crippen molar-refractivity contribution >= 4 is 80.4 Å². The molecule has 29 heavy (non-hydrogen) atoms. The van der Waals surface area contributed by atoms with Gasteiger partial charge in [0.15, 0.2) is 0 Å². The molecule has 8 heteroatoms. The molecule has 2 N–H and O–H groups in total. The molecular weight excluding hydrogens is 612 g/mol. The summed E-state index contributed by atoms with van der Waals surface area (Å²) in [6, 6.07) is 19.7. The first-order chi connectivity index (χ1) is 14.0. The van der Waals surface area contributed by atoms with Crippen LogP contribution >= 0.6 is 56.9 Å². The van der Waals surface area contributed by atoms with Gasteiger partial charge in [-0.25, -0.2) is 5.43 Å². The van der Waals surface area contributed by atoms with E-state index in [1.807, 2.05) is 53.4 Å². The Labute approximate surface area is 199 Å². The van der Waals surface area contributed by atoms with E-state index in [-0.39, 0.29) is 18.2 Å².